The molecule has 0 saturated heterocycles. The van der Waals surface area contributed by atoms with Crippen LogP contribution in [0.3, 0.4) is 0 Å². The molecule has 1 atom stereocenters. The van der Waals surface area contributed by atoms with Crippen LogP contribution >= 0.6 is 11.8 Å². The highest BCUT2D eigenvalue weighted by Crippen LogP contribution is 2.41. The summed E-state index contributed by atoms with van der Waals surface area (Å²) in [7, 11) is 1.67. The topological polar surface area (TPSA) is 46.9 Å². The highest BCUT2D eigenvalue weighted by molar-refractivity contribution is 7.99. The van der Waals surface area contributed by atoms with E-state index in [1.807, 2.05) is 30.1 Å². The van der Waals surface area contributed by atoms with Gasteiger partial charge in [0.1, 0.15) is 5.37 Å². The van der Waals surface area contributed by atoms with Crippen LogP contribution in [0.2, 0.25) is 0 Å². The summed E-state index contributed by atoms with van der Waals surface area (Å²) in [5.41, 5.74) is 3.58. The van der Waals surface area contributed by atoms with Gasteiger partial charge in [-0.05, 0) is 17.7 Å². The third kappa shape index (κ3) is 2.26. The number of likely N-dealkylation sites (N-methyl/N-ethyl adjacent to an activating group) is 1. The van der Waals surface area contributed by atoms with E-state index in [2.05, 4.69) is 27.1 Å². The van der Waals surface area contributed by atoms with E-state index >= 15 is 0 Å². The van der Waals surface area contributed by atoms with E-state index in [1.165, 1.54) is 11.3 Å². The van der Waals surface area contributed by atoms with Crippen LogP contribution in [0.1, 0.15) is 22.2 Å². The number of fused-ring (bicyclic) bond motifs is 1. The van der Waals surface area contributed by atoms with E-state index in [-0.39, 0.29) is 11.3 Å². The molecule has 0 saturated carbocycles. The second kappa shape index (κ2) is 5.09. The van der Waals surface area contributed by atoms with Gasteiger partial charge in [0, 0.05) is 42.6 Å². The third-order valence-corrected chi connectivity index (χ3v) is 4.60. The fourth-order valence-electron chi connectivity index (χ4n) is 2.35. The average Bonchev–Trinajstić information content (AvgIpc) is 3.02. The maximum absolute atomic E-state index is 11.5. The average molecular weight is 273 g/mol. The van der Waals surface area contributed by atoms with Crippen molar-refractivity contribution in [1.29, 1.82) is 0 Å². The van der Waals surface area contributed by atoms with Crippen LogP contribution in [0.5, 0.6) is 0 Å². The minimum atomic E-state index is 0.0591. The summed E-state index contributed by atoms with van der Waals surface area (Å²) in [6.07, 6.45) is 6.23. The Hall–Kier alpha value is -1.75. The van der Waals surface area contributed by atoms with E-state index in [4.69, 9.17) is 0 Å². The predicted octanol–water partition coefficient (Wildman–Crippen LogP) is 1.97. The quantitative estimate of drug-likeness (QED) is 0.930. The number of nitrogens with one attached hydrogen (secondary N) is 1. The van der Waals surface area contributed by atoms with Crippen molar-refractivity contribution in [2.45, 2.75) is 17.5 Å². The highest BCUT2D eigenvalue weighted by Gasteiger charge is 2.26. The summed E-state index contributed by atoms with van der Waals surface area (Å²) < 4.78 is 2.25. The van der Waals surface area contributed by atoms with Crippen LogP contribution < -0.4 is 5.32 Å². The second-order valence-corrected chi connectivity index (χ2v) is 5.56. The van der Waals surface area contributed by atoms with E-state index in [1.54, 1.807) is 13.2 Å². The van der Waals surface area contributed by atoms with Crippen LogP contribution in [-0.2, 0) is 17.0 Å². The Balaban J connectivity index is 1.88. The molecule has 1 aliphatic heterocycles. The lowest BCUT2D eigenvalue weighted by molar-refractivity contribution is -0.119. The lowest BCUT2D eigenvalue weighted by Crippen LogP contribution is -2.20. The number of hydrogen-bond acceptors (Lipinski definition) is 3. The Labute approximate surface area is 116 Å². The normalized spacial score (nSPS) is 17.2. The van der Waals surface area contributed by atoms with Gasteiger partial charge in [-0.3, -0.25) is 9.78 Å². The number of thioether (sulfide) groups is 1. The van der Waals surface area contributed by atoms with Crippen LogP contribution in [-0.4, -0.2) is 22.5 Å². The van der Waals surface area contributed by atoms with Crippen LogP contribution in [0.4, 0.5) is 0 Å². The predicted molar refractivity (Wildman–Crippen MR) is 75.9 cm³/mol. The standard InChI is InChI=1S/C14H15N3OS/c1-15-13(18)7-10-4-6-17-12(10)9-19-14(17)11-3-2-5-16-8-11/h2-6,8,14H,7,9H2,1H3,(H,15,18). The van der Waals surface area contributed by atoms with E-state index in [0.717, 1.165) is 11.3 Å². The van der Waals surface area contributed by atoms with Gasteiger partial charge < -0.3 is 9.88 Å². The van der Waals surface area contributed by atoms with Crippen LogP contribution in [0.25, 0.3) is 0 Å². The van der Waals surface area contributed by atoms with Gasteiger partial charge >= 0.3 is 0 Å². The summed E-state index contributed by atoms with van der Waals surface area (Å²) in [6.45, 7) is 0. The Morgan fingerprint density at radius 2 is 2.47 bits per heavy atom. The first-order valence-corrected chi connectivity index (χ1v) is 7.25. The van der Waals surface area contributed by atoms with Gasteiger partial charge in [0.05, 0.1) is 6.42 Å². The van der Waals surface area contributed by atoms with Gasteiger partial charge in [0.25, 0.3) is 0 Å². The van der Waals surface area contributed by atoms with Crippen molar-refractivity contribution < 1.29 is 4.79 Å². The van der Waals surface area contributed by atoms with Gasteiger partial charge in [0.2, 0.25) is 5.91 Å². The first kappa shape index (κ1) is 12.3. The van der Waals surface area contributed by atoms with Crippen molar-refractivity contribution in [2.75, 3.05) is 7.05 Å². The zero-order chi connectivity index (χ0) is 13.2. The molecule has 1 N–H and O–H groups in total. The van der Waals surface area contributed by atoms with Crippen molar-refractivity contribution in [3.63, 3.8) is 0 Å². The summed E-state index contributed by atoms with van der Waals surface area (Å²) in [5.74, 6) is 1.00. The number of pyridine rings is 1. The maximum atomic E-state index is 11.5. The van der Waals surface area contributed by atoms with Crippen molar-refractivity contribution in [2.24, 2.45) is 0 Å². The fourth-order valence-corrected chi connectivity index (χ4v) is 3.69. The highest BCUT2D eigenvalue weighted by atomic mass is 32.2. The molecular weight excluding hydrogens is 258 g/mol. The van der Waals surface area contributed by atoms with Gasteiger partial charge in [-0.25, -0.2) is 0 Å². The molecule has 1 unspecified atom stereocenters. The molecule has 3 rings (SSSR count). The van der Waals surface area contributed by atoms with Crippen molar-refractivity contribution >= 4 is 17.7 Å². The Bertz CT molecular complexity index is 594. The number of carbonyl (C=O) groups is 1. The van der Waals surface area contributed by atoms with E-state index in [9.17, 15) is 4.79 Å². The molecule has 0 aromatic carbocycles. The van der Waals surface area contributed by atoms with Crippen molar-refractivity contribution in [1.82, 2.24) is 14.9 Å². The molecule has 0 fully saturated rings. The summed E-state index contributed by atoms with van der Waals surface area (Å²) >= 11 is 1.87. The molecule has 2 aromatic heterocycles. The van der Waals surface area contributed by atoms with Crippen LogP contribution in [0.15, 0.2) is 36.8 Å². The molecule has 0 bridgehead atoms. The molecule has 0 aliphatic carbocycles. The molecule has 0 spiro atoms. The number of nitrogens with zero attached hydrogens (tertiary/aromatic N) is 2. The lowest BCUT2D eigenvalue weighted by Gasteiger charge is -2.12. The molecule has 3 heterocycles. The third-order valence-electron chi connectivity index (χ3n) is 3.35. The molecule has 1 aliphatic rings. The van der Waals surface area contributed by atoms with E-state index in [0.29, 0.717) is 6.42 Å². The van der Waals surface area contributed by atoms with Gasteiger partial charge in [-0.2, -0.15) is 0 Å². The largest absolute Gasteiger partial charge is 0.359 e. The summed E-state index contributed by atoms with van der Waals surface area (Å²) in [6, 6.07) is 6.11. The van der Waals surface area contributed by atoms with Crippen molar-refractivity contribution in [3.8, 4) is 0 Å². The summed E-state index contributed by atoms with van der Waals surface area (Å²) in [4.78, 5) is 15.7. The Kier molecular flexibility index (Phi) is 3.29. The van der Waals surface area contributed by atoms with Crippen LogP contribution in [0, 0.1) is 0 Å². The zero-order valence-electron chi connectivity index (χ0n) is 10.7. The van der Waals surface area contributed by atoms with E-state index < -0.39 is 0 Å². The minimum absolute atomic E-state index is 0.0591. The molecule has 1 amide bonds. The van der Waals surface area contributed by atoms with Gasteiger partial charge in [-0.15, -0.1) is 11.8 Å². The van der Waals surface area contributed by atoms with Gasteiger partial charge in [-0.1, -0.05) is 6.07 Å². The monoisotopic (exact) mass is 273 g/mol. The molecule has 2 aromatic rings. The molecule has 0 radical (unpaired) electrons. The second-order valence-electron chi connectivity index (χ2n) is 4.49. The molecule has 98 valence electrons. The number of aromatic nitrogens is 2. The summed E-state index contributed by atoms with van der Waals surface area (Å²) in [5, 5.41) is 2.95. The SMILES string of the molecule is CNC(=O)Cc1ccn2c1CSC2c1cccnc1. The van der Waals surface area contributed by atoms with Gasteiger partial charge in [0.15, 0.2) is 0 Å². The fraction of sp³-hybridized carbons (Fsp3) is 0.286. The lowest BCUT2D eigenvalue weighted by atomic mass is 10.2. The molecular formula is C14H15N3OS. The first-order valence-electron chi connectivity index (χ1n) is 6.20. The smallest absolute Gasteiger partial charge is 0.224 e. The van der Waals surface area contributed by atoms with Crippen molar-refractivity contribution in [3.05, 3.63) is 53.6 Å². The first-order chi connectivity index (χ1) is 9.29. The zero-order valence-corrected chi connectivity index (χ0v) is 11.5. The number of amides is 1. The number of hydrogen-bond donors (Lipinski definition) is 1. The minimum Gasteiger partial charge on any atom is -0.359 e. The number of carbonyl (C=O) groups excluding carboxylic acids is 1. The molecule has 5 heteroatoms. The molecule has 19 heavy (non-hydrogen) atoms. The number of rotatable bonds is 3. The Morgan fingerprint density at radius 3 is 3.21 bits per heavy atom. The Morgan fingerprint density at radius 1 is 1.58 bits per heavy atom. The molecule has 4 nitrogen and oxygen atoms in total. The maximum Gasteiger partial charge on any atom is 0.224 e.